The Morgan fingerprint density at radius 3 is 2.75 bits per heavy atom. The molecule has 1 aliphatic heterocycles. The Bertz CT molecular complexity index is 607. The number of hydrogen-bond acceptors (Lipinski definition) is 3. The zero-order valence-electron chi connectivity index (χ0n) is 11.3. The molecule has 112 valence electrons. The number of sulfonamides is 1. The van der Waals surface area contributed by atoms with Crippen LogP contribution < -0.4 is 5.73 Å². The molecule has 0 spiro atoms. The average molecular weight is 382 g/mol. The third-order valence-corrected chi connectivity index (χ3v) is 6.91. The fraction of sp³-hybridized carbons (Fsp3) is 0.538. The van der Waals surface area contributed by atoms with Gasteiger partial charge in [-0.3, -0.25) is 0 Å². The van der Waals surface area contributed by atoms with E-state index in [1.165, 1.54) is 16.4 Å². The van der Waals surface area contributed by atoms with Crippen molar-refractivity contribution < 1.29 is 8.42 Å². The second kappa shape index (κ2) is 6.22. The Labute approximate surface area is 133 Å². The molecule has 2 rings (SSSR count). The first-order valence-electron chi connectivity index (χ1n) is 6.57. The Balaban J connectivity index is 2.40. The highest BCUT2D eigenvalue weighted by Crippen LogP contribution is 2.34. The number of nitrogens with two attached hydrogens (primary N) is 1. The van der Waals surface area contributed by atoms with Crippen molar-refractivity contribution in [2.24, 2.45) is 5.92 Å². The van der Waals surface area contributed by atoms with Crippen LogP contribution in [0.25, 0.3) is 0 Å². The van der Waals surface area contributed by atoms with Crippen LogP contribution in [0.2, 0.25) is 5.02 Å². The lowest BCUT2D eigenvalue weighted by Gasteiger charge is -2.21. The van der Waals surface area contributed by atoms with Crippen LogP contribution in [0.4, 0.5) is 5.69 Å². The normalized spacial score (nSPS) is 21.6. The van der Waals surface area contributed by atoms with E-state index < -0.39 is 10.0 Å². The van der Waals surface area contributed by atoms with Gasteiger partial charge in [-0.05, 0) is 53.2 Å². The highest BCUT2D eigenvalue weighted by atomic mass is 79.9. The summed E-state index contributed by atoms with van der Waals surface area (Å²) in [7, 11) is -3.56. The van der Waals surface area contributed by atoms with E-state index in [-0.39, 0.29) is 4.90 Å². The van der Waals surface area contributed by atoms with Gasteiger partial charge in [0, 0.05) is 23.8 Å². The number of nitrogen functional groups attached to an aromatic ring is 1. The summed E-state index contributed by atoms with van der Waals surface area (Å²) in [5.74, 6) is 0.558. The molecule has 0 radical (unpaired) electrons. The molecule has 1 saturated heterocycles. The van der Waals surface area contributed by atoms with Crippen LogP contribution in [0.15, 0.2) is 21.5 Å². The van der Waals surface area contributed by atoms with Crippen molar-refractivity contribution in [1.82, 2.24) is 4.31 Å². The van der Waals surface area contributed by atoms with E-state index in [9.17, 15) is 8.42 Å². The van der Waals surface area contributed by atoms with Gasteiger partial charge < -0.3 is 5.73 Å². The van der Waals surface area contributed by atoms with E-state index >= 15 is 0 Å². The standard InChI is InChI=1S/C13H18BrClN2O2S/c1-9-3-2-5-17(6-4-9)20(18,19)12-8-10(15)7-11(16)13(12)14/h7-9H,2-6,16H2,1H3. The van der Waals surface area contributed by atoms with Gasteiger partial charge in [-0.2, -0.15) is 4.31 Å². The smallest absolute Gasteiger partial charge is 0.244 e. The first-order chi connectivity index (χ1) is 9.32. The van der Waals surface area contributed by atoms with Gasteiger partial charge in [0.1, 0.15) is 0 Å². The van der Waals surface area contributed by atoms with Crippen molar-refractivity contribution in [3.05, 3.63) is 21.6 Å². The van der Waals surface area contributed by atoms with Gasteiger partial charge in [-0.25, -0.2) is 8.42 Å². The fourth-order valence-electron chi connectivity index (χ4n) is 2.39. The molecule has 1 aliphatic rings. The highest BCUT2D eigenvalue weighted by molar-refractivity contribution is 9.10. The van der Waals surface area contributed by atoms with Gasteiger partial charge in [-0.1, -0.05) is 18.5 Å². The summed E-state index contributed by atoms with van der Waals surface area (Å²) in [4.78, 5) is 0.150. The Hall–Kier alpha value is -0.300. The zero-order chi connectivity index (χ0) is 14.9. The minimum absolute atomic E-state index is 0.150. The summed E-state index contributed by atoms with van der Waals surface area (Å²) in [6.07, 6.45) is 2.83. The van der Waals surface area contributed by atoms with Crippen LogP contribution in [0.5, 0.6) is 0 Å². The Morgan fingerprint density at radius 2 is 2.05 bits per heavy atom. The molecule has 1 aromatic carbocycles. The minimum Gasteiger partial charge on any atom is -0.398 e. The maximum Gasteiger partial charge on any atom is 0.244 e. The topological polar surface area (TPSA) is 63.4 Å². The van der Waals surface area contributed by atoms with Crippen LogP contribution in [0.1, 0.15) is 26.2 Å². The van der Waals surface area contributed by atoms with Gasteiger partial charge in [0.15, 0.2) is 0 Å². The predicted molar refractivity (Wildman–Crippen MR) is 85.3 cm³/mol. The summed E-state index contributed by atoms with van der Waals surface area (Å²) in [5.41, 5.74) is 6.12. The predicted octanol–water partition coefficient (Wildman–Crippen LogP) is 3.50. The Kier molecular flexibility index (Phi) is 5.00. The van der Waals surface area contributed by atoms with Crippen LogP contribution in [-0.4, -0.2) is 25.8 Å². The molecule has 1 aromatic rings. The lowest BCUT2D eigenvalue weighted by molar-refractivity contribution is 0.416. The third-order valence-electron chi connectivity index (χ3n) is 3.63. The zero-order valence-corrected chi connectivity index (χ0v) is 14.4. The van der Waals surface area contributed by atoms with Gasteiger partial charge in [-0.15, -0.1) is 0 Å². The van der Waals surface area contributed by atoms with Crippen molar-refractivity contribution in [2.45, 2.75) is 31.1 Å². The number of rotatable bonds is 2. The maximum atomic E-state index is 12.8. The molecular weight excluding hydrogens is 364 g/mol. The number of hydrogen-bond donors (Lipinski definition) is 1. The number of nitrogens with zero attached hydrogens (tertiary/aromatic N) is 1. The first kappa shape index (κ1) is 16.1. The molecule has 0 aromatic heterocycles. The van der Waals surface area contributed by atoms with Crippen molar-refractivity contribution in [1.29, 1.82) is 0 Å². The highest BCUT2D eigenvalue weighted by Gasteiger charge is 2.29. The quantitative estimate of drug-likeness (QED) is 0.798. The molecule has 0 saturated carbocycles. The number of anilines is 1. The number of halogens is 2. The fourth-order valence-corrected chi connectivity index (χ4v) is 5.14. The van der Waals surface area contributed by atoms with E-state index in [1.54, 1.807) is 0 Å². The molecule has 20 heavy (non-hydrogen) atoms. The van der Waals surface area contributed by atoms with Gasteiger partial charge in [0.2, 0.25) is 10.0 Å². The summed E-state index contributed by atoms with van der Waals surface area (Å²) in [6.45, 7) is 3.25. The van der Waals surface area contributed by atoms with Crippen molar-refractivity contribution in [3.63, 3.8) is 0 Å². The molecule has 1 unspecified atom stereocenters. The SMILES string of the molecule is CC1CCCN(S(=O)(=O)c2cc(Cl)cc(N)c2Br)CC1. The second-order valence-corrected chi connectivity index (χ2v) is 8.38. The summed E-state index contributed by atoms with van der Waals surface area (Å²) >= 11 is 9.20. The summed E-state index contributed by atoms with van der Waals surface area (Å²) in [5, 5.41) is 0.326. The lowest BCUT2D eigenvalue weighted by Crippen LogP contribution is -2.32. The molecule has 1 heterocycles. The van der Waals surface area contributed by atoms with Crippen LogP contribution in [0, 0.1) is 5.92 Å². The van der Waals surface area contributed by atoms with Crippen LogP contribution >= 0.6 is 27.5 Å². The van der Waals surface area contributed by atoms with Crippen molar-refractivity contribution in [3.8, 4) is 0 Å². The lowest BCUT2D eigenvalue weighted by atomic mass is 10.0. The molecule has 1 fully saturated rings. The van der Waals surface area contributed by atoms with Crippen molar-refractivity contribution in [2.75, 3.05) is 18.8 Å². The van der Waals surface area contributed by atoms with Crippen LogP contribution in [0.3, 0.4) is 0 Å². The molecule has 0 bridgehead atoms. The maximum absolute atomic E-state index is 12.8. The molecule has 7 heteroatoms. The summed E-state index contributed by atoms with van der Waals surface area (Å²) < 4.78 is 27.4. The molecule has 0 aliphatic carbocycles. The minimum atomic E-state index is -3.56. The third kappa shape index (κ3) is 3.30. The van der Waals surface area contributed by atoms with Gasteiger partial charge >= 0.3 is 0 Å². The van der Waals surface area contributed by atoms with E-state index in [4.69, 9.17) is 17.3 Å². The van der Waals surface area contributed by atoms with E-state index in [2.05, 4.69) is 22.9 Å². The van der Waals surface area contributed by atoms with E-state index in [1.807, 2.05) is 0 Å². The van der Waals surface area contributed by atoms with Crippen molar-refractivity contribution >= 4 is 43.2 Å². The molecule has 4 nitrogen and oxygen atoms in total. The largest absolute Gasteiger partial charge is 0.398 e. The second-order valence-electron chi connectivity index (χ2n) is 5.25. The molecule has 1 atom stereocenters. The van der Waals surface area contributed by atoms with Crippen LogP contribution in [-0.2, 0) is 10.0 Å². The average Bonchev–Trinajstić information content (AvgIpc) is 2.58. The number of benzene rings is 1. The molecule has 2 N–H and O–H groups in total. The van der Waals surface area contributed by atoms with Gasteiger partial charge in [0.25, 0.3) is 0 Å². The van der Waals surface area contributed by atoms with E-state index in [0.29, 0.717) is 34.2 Å². The van der Waals surface area contributed by atoms with E-state index in [0.717, 1.165) is 19.3 Å². The van der Waals surface area contributed by atoms with Gasteiger partial charge in [0.05, 0.1) is 9.37 Å². The monoisotopic (exact) mass is 380 g/mol. The molecular formula is C13H18BrClN2O2S. The first-order valence-corrected chi connectivity index (χ1v) is 9.18. The Morgan fingerprint density at radius 1 is 1.35 bits per heavy atom. The summed E-state index contributed by atoms with van der Waals surface area (Å²) in [6, 6.07) is 2.99. The molecule has 0 amide bonds.